The molecule has 0 rings (SSSR count). The molecule has 0 heterocycles. The molecule has 0 atom stereocenters. The molecule has 0 saturated carbocycles. The molecule has 158 valence electrons. The molecule has 0 aromatic heterocycles. The fourth-order valence-electron chi connectivity index (χ4n) is 2.21. The topological polar surface area (TPSA) is 52.6 Å². The fourth-order valence-corrected chi connectivity index (χ4v) is 2.21. The minimum atomic E-state index is -0.0472. The van der Waals surface area contributed by atoms with Crippen molar-refractivity contribution in [3.8, 4) is 0 Å². The number of ether oxygens (including phenoxy) is 2. The summed E-state index contributed by atoms with van der Waals surface area (Å²) in [4.78, 5) is 21.7. The normalized spacial score (nSPS) is 9.31. The maximum Gasteiger partial charge on any atom is 0.305 e. The first-order chi connectivity index (χ1) is 12.6. The van der Waals surface area contributed by atoms with Gasteiger partial charge in [-0.25, -0.2) is 0 Å². The number of hydrogen-bond acceptors (Lipinski definition) is 4. The van der Waals surface area contributed by atoms with E-state index < -0.39 is 0 Å². The van der Waals surface area contributed by atoms with Gasteiger partial charge in [0.05, 0.1) is 13.2 Å². The average molecular weight is 375 g/mol. The van der Waals surface area contributed by atoms with Crippen molar-refractivity contribution >= 4 is 11.9 Å². The smallest absolute Gasteiger partial charge is 0.305 e. The summed E-state index contributed by atoms with van der Waals surface area (Å²) in [6.07, 6.45) is 13.0. The van der Waals surface area contributed by atoms with E-state index in [1.54, 1.807) is 0 Å². The highest BCUT2D eigenvalue weighted by molar-refractivity contribution is 5.69. The number of rotatable bonds is 14. The molecule has 26 heavy (non-hydrogen) atoms. The number of carbonyl (C=O) groups excluding carboxylic acids is 2. The molecule has 0 spiro atoms. The molecule has 0 aromatic rings. The van der Waals surface area contributed by atoms with Crippen molar-refractivity contribution in [3.63, 3.8) is 0 Å². The highest BCUT2D eigenvalue weighted by atomic mass is 16.5. The standard InChI is InChI=1S/2C10H20O2.C2H6/c2*1-3-5-6-7-8-9-10(11)12-4-2;1-2/h2*3-9H2,1-2H3;1-2H3. The van der Waals surface area contributed by atoms with Crippen LogP contribution in [-0.2, 0) is 19.1 Å². The zero-order valence-corrected chi connectivity index (χ0v) is 18.5. The molecule has 0 aliphatic heterocycles. The molecule has 0 radical (unpaired) electrons. The van der Waals surface area contributed by atoms with E-state index in [9.17, 15) is 9.59 Å². The second-order valence-corrected chi connectivity index (χ2v) is 5.94. The summed E-state index contributed by atoms with van der Waals surface area (Å²) in [7, 11) is 0. The van der Waals surface area contributed by atoms with Crippen molar-refractivity contribution in [1.29, 1.82) is 0 Å². The van der Waals surface area contributed by atoms with Gasteiger partial charge >= 0.3 is 11.9 Å². The Labute approximate surface area is 163 Å². The molecule has 0 bridgehead atoms. The van der Waals surface area contributed by atoms with Crippen LogP contribution in [0.4, 0.5) is 0 Å². The van der Waals surface area contributed by atoms with Crippen LogP contribution >= 0.6 is 0 Å². The van der Waals surface area contributed by atoms with Gasteiger partial charge in [-0.1, -0.05) is 79.1 Å². The maximum absolute atomic E-state index is 10.9. The van der Waals surface area contributed by atoms with Gasteiger partial charge in [0.15, 0.2) is 0 Å². The summed E-state index contributed by atoms with van der Waals surface area (Å²) in [5.74, 6) is -0.0944. The van der Waals surface area contributed by atoms with Crippen molar-refractivity contribution in [3.05, 3.63) is 0 Å². The van der Waals surface area contributed by atoms with Gasteiger partial charge in [-0.3, -0.25) is 9.59 Å². The van der Waals surface area contributed by atoms with E-state index >= 15 is 0 Å². The molecule has 4 nitrogen and oxygen atoms in total. The predicted octanol–water partition coefficient (Wildman–Crippen LogP) is 6.85. The summed E-state index contributed by atoms with van der Waals surface area (Å²) < 4.78 is 9.62. The minimum absolute atomic E-state index is 0.0472. The Bertz CT molecular complexity index is 249. The monoisotopic (exact) mass is 374 g/mol. The lowest BCUT2D eigenvalue weighted by Crippen LogP contribution is -2.02. The van der Waals surface area contributed by atoms with Gasteiger partial charge in [-0.05, 0) is 26.7 Å². The lowest BCUT2D eigenvalue weighted by atomic mass is 10.1. The van der Waals surface area contributed by atoms with Crippen LogP contribution in [0.1, 0.15) is 119 Å². The van der Waals surface area contributed by atoms with Gasteiger partial charge in [-0.2, -0.15) is 0 Å². The number of carbonyl (C=O) groups is 2. The Balaban J connectivity index is -0.000000371. The third-order valence-corrected chi connectivity index (χ3v) is 3.58. The third kappa shape index (κ3) is 30.8. The van der Waals surface area contributed by atoms with Gasteiger partial charge in [-0.15, -0.1) is 0 Å². The van der Waals surface area contributed by atoms with E-state index in [2.05, 4.69) is 13.8 Å². The van der Waals surface area contributed by atoms with E-state index in [-0.39, 0.29) is 11.9 Å². The highest BCUT2D eigenvalue weighted by Gasteiger charge is 2.00. The van der Waals surface area contributed by atoms with Gasteiger partial charge in [0.25, 0.3) is 0 Å². The molecule has 0 aliphatic carbocycles. The predicted molar refractivity (Wildman–Crippen MR) is 111 cm³/mol. The van der Waals surface area contributed by atoms with Crippen LogP contribution < -0.4 is 0 Å². The lowest BCUT2D eigenvalue weighted by Gasteiger charge is -2.00. The summed E-state index contributed by atoms with van der Waals surface area (Å²) in [5, 5.41) is 0. The Morgan fingerprint density at radius 3 is 1.12 bits per heavy atom. The SMILES string of the molecule is CC.CCCCCCCC(=O)OCC.CCCCCCCC(=O)OCC. The van der Waals surface area contributed by atoms with Crippen molar-refractivity contribution in [2.75, 3.05) is 13.2 Å². The maximum atomic E-state index is 10.9. The first-order valence-corrected chi connectivity index (χ1v) is 10.9. The second-order valence-electron chi connectivity index (χ2n) is 5.94. The van der Waals surface area contributed by atoms with E-state index in [1.165, 1.54) is 38.5 Å². The Morgan fingerprint density at radius 1 is 0.538 bits per heavy atom. The molecule has 0 saturated heterocycles. The first kappa shape index (κ1) is 29.7. The molecule has 0 amide bonds. The zero-order valence-electron chi connectivity index (χ0n) is 18.5. The van der Waals surface area contributed by atoms with Crippen LogP contribution in [-0.4, -0.2) is 25.2 Å². The van der Waals surface area contributed by atoms with E-state index in [4.69, 9.17) is 9.47 Å². The fraction of sp³-hybridized carbons (Fsp3) is 0.909. The quantitative estimate of drug-likeness (QED) is 0.246. The van der Waals surface area contributed by atoms with Gasteiger partial charge in [0.1, 0.15) is 0 Å². The van der Waals surface area contributed by atoms with Crippen LogP contribution in [0.5, 0.6) is 0 Å². The highest BCUT2D eigenvalue weighted by Crippen LogP contribution is 2.06. The number of hydrogen-bond donors (Lipinski definition) is 0. The van der Waals surface area contributed by atoms with Crippen LogP contribution in [0, 0.1) is 0 Å². The number of esters is 2. The summed E-state index contributed by atoms with van der Waals surface area (Å²) >= 11 is 0. The van der Waals surface area contributed by atoms with Gasteiger partial charge in [0.2, 0.25) is 0 Å². The van der Waals surface area contributed by atoms with Crippen molar-refractivity contribution in [2.45, 2.75) is 119 Å². The molecule has 0 fully saturated rings. The zero-order chi connectivity index (χ0) is 20.5. The summed E-state index contributed by atoms with van der Waals surface area (Å²) in [5.41, 5.74) is 0. The third-order valence-electron chi connectivity index (χ3n) is 3.58. The first-order valence-electron chi connectivity index (χ1n) is 10.9. The van der Waals surface area contributed by atoms with E-state index in [0.29, 0.717) is 26.1 Å². The Kier molecular flexibility index (Phi) is 32.8. The lowest BCUT2D eigenvalue weighted by molar-refractivity contribution is -0.144. The van der Waals surface area contributed by atoms with Crippen molar-refractivity contribution in [1.82, 2.24) is 0 Å². The molecular formula is C22H46O4. The van der Waals surface area contributed by atoms with Crippen molar-refractivity contribution in [2.24, 2.45) is 0 Å². The van der Waals surface area contributed by atoms with Crippen LogP contribution in [0.25, 0.3) is 0 Å². The van der Waals surface area contributed by atoms with Crippen LogP contribution in [0.3, 0.4) is 0 Å². The Morgan fingerprint density at radius 2 is 0.846 bits per heavy atom. The molecular weight excluding hydrogens is 328 g/mol. The number of unbranched alkanes of at least 4 members (excludes halogenated alkanes) is 8. The van der Waals surface area contributed by atoms with E-state index in [0.717, 1.165) is 25.7 Å². The summed E-state index contributed by atoms with van der Waals surface area (Å²) in [6, 6.07) is 0. The largest absolute Gasteiger partial charge is 0.466 e. The minimum Gasteiger partial charge on any atom is -0.466 e. The molecule has 0 N–H and O–H groups in total. The Hall–Kier alpha value is -1.06. The second kappa shape index (κ2) is 28.7. The van der Waals surface area contributed by atoms with Crippen LogP contribution in [0.15, 0.2) is 0 Å². The summed E-state index contributed by atoms with van der Waals surface area (Å²) in [6.45, 7) is 13.1. The molecule has 0 aliphatic rings. The van der Waals surface area contributed by atoms with E-state index in [1.807, 2.05) is 27.7 Å². The molecule has 4 heteroatoms. The van der Waals surface area contributed by atoms with Crippen molar-refractivity contribution < 1.29 is 19.1 Å². The average Bonchev–Trinajstić information content (AvgIpc) is 2.64. The van der Waals surface area contributed by atoms with Gasteiger partial charge in [0, 0.05) is 12.8 Å². The molecule has 0 unspecified atom stereocenters. The van der Waals surface area contributed by atoms with Gasteiger partial charge < -0.3 is 9.47 Å². The molecule has 0 aromatic carbocycles. The van der Waals surface area contributed by atoms with Crippen LogP contribution in [0.2, 0.25) is 0 Å².